The molecule has 0 fully saturated rings. The second-order valence-electron chi connectivity index (χ2n) is 11.0. The molecule has 0 aliphatic heterocycles. The Hall–Kier alpha value is -3.42. The van der Waals surface area contributed by atoms with Crippen LogP contribution in [-0.2, 0) is 15.8 Å². The molecule has 0 aromatic heterocycles. The summed E-state index contributed by atoms with van der Waals surface area (Å²) in [5.41, 5.74) is 7.85. The Morgan fingerprint density at radius 1 is 0.675 bits per heavy atom. The third-order valence-corrected chi connectivity index (χ3v) is 12.2. The number of nitrogens with two attached hydrogens (primary N) is 1. The maximum absolute atomic E-state index is 7.18. The zero-order valence-electron chi connectivity index (χ0n) is 24.0. The third kappa shape index (κ3) is 7.20. The van der Waals surface area contributed by atoms with E-state index in [1.54, 1.807) is 7.11 Å². The molecule has 40 heavy (non-hydrogen) atoms. The van der Waals surface area contributed by atoms with Gasteiger partial charge in [-0.3, -0.25) is 0 Å². The van der Waals surface area contributed by atoms with Gasteiger partial charge in [-0.15, -0.1) is 0 Å². The summed E-state index contributed by atoms with van der Waals surface area (Å²) < 4.78 is 25.0. The van der Waals surface area contributed by atoms with E-state index in [-0.39, 0.29) is 17.7 Å². The van der Waals surface area contributed by atoms with E-state index >= 15 is 0 Å². The van der Waals surface area contributed by atoms with E-state index in [9.17, 15) is 0 Å². The highest BCUT2D eigenvalue weighted by Crippen LogP contribution is 2.37. The molecule has 2 N–H and O–H groups in total. The molecule has 0 aliphatic carbocycles. The Morgan fingerprint density at radius 2 is 1.18 bits per heavy atom. The van der Waals surface area contributed by atoms with Crippen LogP contribution < -0.4 is 25.6 Å². The van der Waals surface area contributed by atoms with Crippen LogP contribution in [0, 0.1) is 0 Å². The van der Waals surface area contributed by atoms with E-state index in [1.807, 2.05) is 42.5 Å². The quantitative estimate of drug-likeness (QED) is 0.219. The Bertz CT molecular complexity index is 1240. The number of ether oxygens (including phenoxy) is 3. The van der Waals surface area contributed by atoms with Crippen molar-refractivity contribution in [3.8, 4) is 11.5 Å². The van der Waals surface area contributed by atoms with E-state index < -0.39 is 14.4 Å². The predicted octanol–water partition coefficient (Wildman–Crippen LogP) is 5.56. The average molecular weight is 556 g/mol. The molecule has 4 rings (SSSR count). The van der Waals surface area contributed by atoms with Crippen LogP contribution in [0.5, 0.6) is 11.5 Å². The van der Waals surface area contributed by atoms with Gasteiger partial charge >= 0.3 is 0 Å². The normalized spacial score (nSPS) is 13.4. The molecule has 4 aromatic rings. The minimum absolute atomic E-state index is 0.149. The van der Waals surface area contributed by atoms with Gasteiger partial charge in [-0.1, -0.05) is 112 Å². The summed E-state index contributed by atoms with van der Waals surface area (Å²) in [7, 11) is -1.11. The van der Waals surface area contributed by atoms with E-state index in [0.29, 0.717) is 13.2 Å². The molecule has 4 aromatic carbocycles. The van der Waals surface area contributed by atoms with Crippen molar-refractivity contribution in [3.63, 3.8) is 0 Å². The lowest BCUT2D eigenvalue weighted by atomic mass is 10.2. The van der Waals surface area contributed by atoms with Crippen LogP contribution >= 0.6 is 0 Å². The predicted molar refractivity (Wildman–Crippen MR) is 165 cm³/mol. The lowest BCUT2D eigenvalue weighted by Gasteiger charge is -2.44. The maximum atomic E-state index is 7.18. The summed E-state index contributed by atoms with van der Waals surface area (Å²) in [5, 5.41) is 2.29. The Balaban J connectivity index is 1.60. The fourth-order valence-corrected chi connectivity index (χ4v) is 9.58. The largest absolute Gasteiger partial charge is 0.497 e. The van der Waals surface area contributed by atoms with E-state index in [2.05, 4.69) is 93.6 Å². The first kappa shape index (κ1) is 29.6. The second-order valence-corrected chi connectivity index (χ2v) is 15.3. The number of methoxy groups -OCH3 is 1. The molecule has 0 heterocycles. The number of benzene rings is 4. The van der Waals surface area contributed by atoms with Gasteiger partial charge in [-0.2, -0.15) is 0 Å². The standard InChI is InChI=1S/C34H41NO4Si/c1-34(2,3)40(30-16-10-6-11-17-30,31-18-12-7-13-19-31)39-26-33(38-24-27-14-8-5-9-15-27)32(35)25-37-29-22-20-28(36-4)21-23-29/h5-23,32-33H,24-26,35H2,1-4H3/t32-,33-/m1/s1. The van der Waals surface area contributed by atoms with Crippen molar-refractivity contribution < 1.29 is 18.6 Å². The van der Waals surface area contributed by atoms with Gasteiger partial charge in [-0.05, 0) is 45.2 Å². The Labute approximate surface area is 240 Å². The van der Waals surface area contributed by atoms with Crippen LogP contribution in [-0.4, -0.2) is 40.8 Å². The van der Waals surface area contributed by atoms with Crippen LogP contribution in [0.4, 0.5) is 0 Å². The van der Waals surface area contributed by atoms with Gasteiger partial charge in [0, 0.05) is 0 Å². The molecule has 0 unspecified atom stereocenters. The SMILES string of the molecule is COc1ccc(OC[C@@H](N)[C@@H](CO[Si](c2ccccc2)(c2ccccc2)C(C)(C)C)OCc2ccccc2)cc1. The molecule has 0 bridgehead atoms. The topological polar surface area (TPSA) is 62.9 Å². The molecular weight excluding hydrogens is 514 g/mol. The van der Waals surface area contributed by atoms with Crippen molar-refractivity contribution in [2.45, 2.75) is 44.6 Å². The zero-order valence-corrected chi connectivity index (χ0v) is 25.0. The summed E-state index contributed by atoms with van der Waals surface area (Å²) in [6, 6.07) is 38.5. The molecule has 2 atom stereocenters. The zero-order chi connectivity index (χ0) is 28.4. The lowest BCUT2D eigenvalue weighted by Crippen LogP contribution is -2.67. The molecule has 0 spiro atoms. The number of hydrogen-bond acceptors (Lipinski definition) is 5. The van der Waals surface area contributed by atoms with Crippen molar-refractivity contribution in [2.75, 3.05) is 20.3 Å². The van der Waals surface area contributed by atoms with Gasteiger partial charge in [0.25, 0.3) is 8.32 Å². The van der Waals surface area contributed by atoms with Crippen LogP contribution in [0.1, 0.15) is 26.3 Å². The van der Waals surface area contributed by atoms with E-state index in [1.165, 1.54) is 10.4 Å². The van der Waals surface area contributed by atoms with Crippen LogP contribution in [0.3, 0.4) is 0 Å². The van der Waals surface area contributed by atoms with E-state index in [0.717, 1.165) is 17.1 Å². The van der Waals surface area contributed by atoms with Crippen molar-refractivity contribution >= 4 is 18.7 Å². The minimum atomic E-state index is -2.75. The monoisotopic (exact) mass is 555 g/mol. The third-order valence-electron chi connectivity index (χ3n) is 7.17. The highest BCUT2D eigenvalue weighted by Gasteiger charge is 2.50. The molecule has 5 nitrogen and oxygen atoms in total. The highest BCUT2D eigenvalue weighted by atomic mass is 28.4. The van der Waals surface area contributed by atoms with Gasteiger partial charge in [0.05, 0.1) is 32.5 Å². The summed E-state index contributed by atoms with van der Waals surface area (Å²) in [6.45, 7) is 7.87. The molecule has 0 saturated heterocycles. The molecular formula is C34H41NO4Si. The van der Waals surface area contributed by atoms with Crippen molar-refractivity contribution in [3.05, 3.63) is 121 Å². The van der Waals surface area contributed by atoms with Gasteiger partial charge in [-0.25, -0.2) is 0 Å². The summed E-state index contributed by atoms with van der Waals surface area (Å²) in [6.07, 6.45) is -0.389. The first-order valence-corrected chi connectivity index (χ1v) is 15.7. The minimum Gasteiger partial charge on any atom is -0.497 e. The van der Waals surface area contributed by atoms with Gasteiger partial charge < -0.3 is 24.4 Å². The molecule has 0 aliphatic rings. The van der Waals surface area contributed by atoms with E-state index in [4.69, 9.17) is 24.4 Å². The Morgan fingerprint density at radius 3 is 1.68 bits per heavy atom. The molecule has 6 heteroatoms. The lowest BCUT2D eigenvalue weighted by molar-refractivity contribution is -0.0163. The molecule has 0 saturated carbocycles. The van der Waals surface area contributed by atoms with Gasteiger partial charge in [0.1, 0.15) is 18.1 Å². The van der Waals surface area contributed by atoms with Crippen LogP contribution in [0.15, 0.2) is 115 Å². The van der Waals surface area contributed by atoms with Crippen LogP contribution in [0.2, 0.25) is 5.04 Å². The molecule has 0 amide bonds. The van der Waals surface area contributed by atoms with Crippen molar-refractivity contribution in [1.82, 2.24) is 0 Å². The average Bonchev–Trinajstić information content (AvgIpc) is 2.99. The first-order chi connectivity index (χ1) is 19.3. The highest BCUT2D eigenvalue weighted by molar-refractivity contribution is 6.99. The number of hydrogen-bond donors (Lipinski definition) is 1. The van der Waals surface area contributed by atoms with Gasteiger partial charge in [0.2, 0.25) is 0 Å². The van der Waals surface area contributed by atoms with Gasteiger partial charge in [0.15, 0.2) is 0 Å². The maximum Gasteiger partial charge on any atom is 0.261 e. The summed E-state index contributed by atoms with van der Waals surface area (Å²) in [4.78, 5) is 0. The number of rotatable bonds is 13. The summed E-state index contributed by atoms with van der Waals surface area (Å²) >= 11 is 0. The second kappa shape index (κ2) is 13.8. The van der Waals surface area contributed by atoms with Crippen molar-refractivity contribution in [1.29, 1.82) is 0 Å². The summed E-state index contributed by atoms with van der Waals surface area (Å²) in [5.74, 6) is 1.50. The fourth-order valence-electron chi connectivity index (χ4n) is 5.01. The van der Waals surface area contributed by atoms with Crippen LogP contribution in [0.25, 0.3) is 0 Å². The molecule has 210 valence electrons. The fraction of sp³-hybridized carbons (Fsp3) is 0.294. The van der Waals surface area contributed by atoms with Crippen molar-refractivity contribution in [2.24, 2.45) is 5.73 Å². The molecule has 0 radical (unpaired) electrons. The smallest absolute Gasteiger partial charge is 0.261 e. The first-order valence-electron chi connectivity index (χ1n) is 13.8. The Kier molecular flexibility index (Phi) is 10.2.